The van der Waals surface area contributed by atoms with E-state index in [4.69, 9.17) is 4.74 Å². The summed E-state index contributed by atoms with van der Waals surface area (Å²) in [4.78, 5) is 49.5. The molecular weight excluding hydrogens is 568 g/mol. The van der Waals surface area contributed by atoms with E-state index in [1.807, 2.05) is 49.4 Å². The maximum absolute atomic E-state index is 14.2. The second-order valence-electron chi connectivity index (χ2n) is 11.1. The van der Waals surface area contributed by atoms with Crippen molar-refractivity contribution in [3.05, 3.63) is 129 Å². The minimum absolute atomic E-state index is 0.00827. The standard InChI is InChI=1S/C33H31F2N5O4/c1-21-11-13-38(17-23-8-5-12-36-15-23)28-19-39-18-26(32(42)37-16-24-9-10-25(34)14-27(24)35)30(41)31(29(39)33(43)40(21)28)44-20-22-6-3-2-4-7-22/h2-10,12,14-15,18,21,28H,11,13,16-17,19-20H2,1H3,(H,37,42). The summed E-state index contributed by atoms with van der Waals surface area (Å²) in [5.74, 6) is -2.89. The molecule has 9 nitrogen and oxygen atoms in total. The molecular formula is C33H31F2N5O4. The molecule has 2 aromatic heterocycles. The molecule has 1 saturated heterocycles. The molecule has 2 aromatic carbocycles. The zero-order chi connectivity index (χ0) is 30.8. The Morgan fingerprint density at radius 1 is 1.07 bits per heavy atom. The summed E-state index contributed by atoms with van der Waals surface area (Å²) in [5, 5.41) is 2.56. The number of ether oxygens (including phenoxy) is 1. The number of aromatic nitrogens is 2. The zero-order valence-corrected chi connectivity index (χ0v) is 24.1. The van der Waals surface area contributed by atoms with Crippen molar-refractivity contribution < 1.29 is 23.1 Å². The molecule has 2 amide bonds. The van der Waals surface area contributed by atoms with E-state index in [0.717, 1.165) is 36.2 Å². The molecule has 226 valence electrons. The Labute approximate surface area is 252 Å². The third-order valence-electron chi connectivity index (χ3n) is 8.12. The van der Waals surface area contributed by atoms with Gasteiger partial charge in [-0.25, -0.2) is 8.78 Å². The first kappa shape index (κ1) is 29.2. The molecule has 11 heteroatoms. The van der Waals surface area contributed by atoms with Gasteiger partial charge in [0.05, 0.1) is 6.54 Å². The lowest BCUT2D eigenvalue weighted by Crippen LogP contribution is -2.63. The molecule has 44 heavy (non-hydrogen) atoms. The fourth-order valence-corrected chi connectivity index (χ4v) is 5.82. The summed E-state index contributed by atoms with van der Waals surface area (Å²) in [6.07, 6.45) is 5.28. The van der Waals surface area contributed by atoms with Crippen molar-refractivity contribution in [3.63, 3.8) is 0 Å². The zero-order valence-electron chi connectivity index (χ0n) is 24.1. The highest BCUT2D eigenvalue weighted by Gasteiger charge is 2.44. The van der Waals surface area contributed by atoms with Gasteiger partial charge < -0.3 is 19.5 Å². The summed E-state index contributed by atoms with van der Waals surface area (Å²) < 4.78 is 35.2. The van der Waals surface area contributed by atoms with Crippen molar-refractivity contribution in [2.75, 3.05) is 6.54 Å². The minimum Gasteiger partial charge on any atom is -0.483 e. The van der Waals surface area contributed by atoms with Crippen LogP contribution in [-0.2, 0) is 26.2 Å². The predicted molar refractivity (Wildman–Crippen MR) is 158 cm³/mol. The molecule has 2 unspecified atom stereocenters. The number of fused-ring (bicyclic) bond motifs is 2. The summed E-state index contributed by atoms with van der Waals surface area (Å²) in [6, 6.07) is 16.0. The van der Waals surface area contributed by atoms with Crippen LogP contribution in [0.1, 0.15) is 50.9 Å². The summed E-state index contributed by atoms with van der Waals surface area (Å²) in [5.41, 5.74) is 0.934. The molecule has 4 aromatic rings. The Bertz CT molecular complexity index is 1750. The van der Waals surface area contributed by atoms with Crippen LogP contribution in [0, 0.1) is 11.6 Å². The van der Waals surface area contributed by atoms with Crippen LogP contribution in [-0.4, -0.2) is 49.9 Å². The largest absolute Gasteiger partial charge is 0.483 e. The van der Waals surface area contributed by atoms with Crippen molar-refractivity contribution >= 4 is 11.8 Å². The van der Waals surface area contributed by atoms with Crippen LogP contribution in [0.15, 0.2) is 84.0 Å². The van der Waals surface area contributed by atoms with E-state index in [1.54, 1.807) is 21.9 Å². The fourth-order valence-electron chi connectivity index (χ4n) is 5.82. The van der Waals surface area contributed by atoms with Crippen molar-refractivity contribution in [2.45, 2.75) is 51.8 Å². The van der Waals surface area contributed by atoms with Crippen molar-refractivity contribution in [1.29, 1.82) is 0 Å². The Kier molecular flexibility index (Phi) is 8.21. The fraction of sp³-hybridized carbons (Fsp3) is 0.273. The van der Waals surface area contributed by atoms with Gasteiger partial charge in [0.15, 0.2) is 11.4 Å². The predicted octanol–water partition coefficient (Wildman–Crippen LogP) is 4.11. The minimum atomic E-state index is -0.815. The molecule has 0 saturated carbocycles. The Hall–Kier alpha value is -4.90. The molecule has 4 heterocycles. The molecule has 1 fully saturated rings. The Morgan fingerprint density at radius 2 is 1.86 bits per heavy atom. The van der Waals surface area contributed by atoms with Gasteiger partial charge in [-0.1, -0.05) is 42.5 Å². The van der Waals surface area contributed by atoms with Crippen molar-refractivity contribution in [2.24, 2.45) is 0 Å². The van der Waals surface area contributed by atoms with Crippen LogP contribution in [0.25, 0.3) is 0 Å². The Balaban J connectivity index is 1.37. The first-order valence-electron chi connectivity index (χ1n) is 14.4. The van der Waals surface area contributed by atoms with E-state index in [-0.39, 0.29) is 53.8 Å². The van der Waals surface area contributed by atoms with Crippen LogP contribution in [0.5, 0.6) is 5.75 Å². The lowest BCUT2D eigenvalue weighted by atomic mass is 10.0. The van der Waals surface area contributed by atoms with Crippen LogP contribution in [0.2, 0.25) is 0 Å². The highest BCUT2D eigenvalue weighted by molar-refractivity contribution is 5.99. The van der Waals surface area contributed by atoms with E-state index >= 15 is 0 Å². The number of benzene rings is 2. The van der Waals surface area contributed by atoms with Gasteiger partial charge in [0, 0.05) is 55.9 Å². The van der Waals surface area contributed by atoms with Gasteiger partial charge in [-0.3, -0.25) is 24.3 Å². The lowest BCUT2D eigenvalue weighted by Gasteiger charge is -2.50. The molecule has 0 radical (unpaired) electrons. The van der Waals surface area contributed by atoms with Crippen LogP contribution in [0.3, 0.4) is 0 Å². The normalized spacial score (nSPS) is 18.0. The number of carbonyl (C=O) groups is 2. The first-order chi connectivity index (χ1) is 21.3. The van der Waals surface area contributed by atoms with E-state index in [1.165, 1.54) is 12.3 Å². The van der Waals surface area contributed by atoms with Crippen LogP contribution < -0.4 is 15.5 Å². The number of hydrogen-bond acceptors (Lipinski definition) is 6. The van der Waals surface area contributed by atoms with Gasteiger partial charge in [0.2, 0.25) is 5.43 Å². The van der Waals surface area contributed by atoms with E-state index < -0.39 is 23.0 Å². The number of halogens is 2. The molecule has 0 spiro atoms. The maximum atomic E-state index is 14.2. The van der Waals surface area contributed by atoms with Gasteiger partial charge in [-0.15, -0.1) is 0 Å². The SMILES string of the molecule is CC1CCN(Cc2cccnc2)C2Cn3cc(C(=O)NCc4ccc(F)cc4F)c(=O)c(OCc4ccccc4)c3C(=O)N12. The first-order valence-corrected chi connectivity index (χ1v) is 14.4. The lowest BCUT2D eigenvalue weighted by molar-refractivity contribution is -0.0364. The number of amides is 2. The quantitative estimate of drug-likeness (QED) is 0.328. The summed E-state index contributed by atoms with van der Waals surface area (Å²) in [6.45, 7) is 3.33. The van der Waals surface area contributed by atoms with Gasteiger partial charge >= 0.3 is 0 Å². The van der Waals surface area contributed by atoms with Gasteiger partial charge in [0.25, 0.3) is 11.8 Å². The number of pyridine rings is 2. The average Bonchev–Trinajstić information content (AvgIpc) is 3.02. The molecule has 2 aliphatic heterocycles. The molecule has 6 rings (SSSR count). The van der Waals surface area contributed by atoms with Crippen molar-refractivity contribution in [1.82, 2.24) is 24.7 Å². The van der Waals surface area contributed by atoms with E-state index in [2.05, 4.69) is 15.2 Å². The Morgan fingerprint density at radius 3 is 2.61 bits per heavy atom. The average molecular weight is 600 g/mol. The molecule has 0 aliphatic carbocycles. The van der Waals surface area contributed by atoms with Crippen molar-refractivity contribution in [3.8, 4) is 5.75 Å². The number of nitrogens with one attached hydrogen (secondary N) is 1. The van der Waals surface area contributed by atoms with Crippen LogP contribution in [0.4, 0.5) is 8.78 Å². The highest BCUT2D eigenvalue weighted by Crippen LogP contribution is 2.32. The topological polar surface area (TPSA) is 96.8 Å². The highest BCUT2D eigenvalue weighted by atomic mass is 19.1. The van der Waals surface area contributed by atoms with Crippen LogP contribution >= 0.6 is 0 Å². The molecule has 1 N–H and O–H groups in total. The molecule has 0 bridgehead atoms. The third kappa shape index (κ3) is 5.83. The second-order valence-corrected chi connectivity index (χ2v) is 11.1. The number of nitrogens with zero attached hydrogens (tertiary/aromatic N) is 4. The molecule has 2 aliphatic rings. The maximum Gasteiger partial charge on any atom is 0.276 e. The molecule has 2 atom stereocenters. The monoisotopic (exact) mass is 599 g/mol. The third-order valence-corrected chi connectivity index (χ3v) is 8.12. The summed E-state index contributed by atoms with van der Waals surface area (Å²) in [7, 11) is 0. The number of rotatable bonds is 8. The summed E-state index contributed by atoms with van der Waals surface area (Å²) >= 11 is 0. The van der Waals surface area contributed by atoms with Gasteiger partial charge in [-0.05, 0) is 36.6 Å². The van der Waals surface area contributed by atoms with E-state index in [9.17, 15) is 23.2 Å². The van der Waals surface area contributed by atoms with Gasteiger partial charge in [-0.2, -0.15) is 0 Å². The van der Waals surface area contributed by atoms with E-state index in [0.29, 0.717) is 13.1 Å². The number of hydrogen-bond donors (Lipinski definition) is 1. The second kappa shape index (κ2) is 12.4. The smallest absolute Gasteiger partial charge is 0.276 e. The van der Waals surface area contributed by atoms with Gasteiger partial charge in [0.1, 0.15) is 30.0 Å². The number of carbonyl (C=O) groups excluding carboxylic acids is 2.